The minimum Gasteiger partial charge on any atom is -0.468 e. The third kappa shape index (κ3) is 3.37. The summed E-state index contributed by atoms with van der Waals surface area (Å²) in [5.74, 6) is -0.142. The molecule has 0 saturated heterocycles. The van der Waals surface area contributed by atoms with Crippen LogP contribution in [0.1, 0.15) is 19.8 Å². The van der Waals surface area contributed by atoms with Gasteiger partial charge in [-0.2, -0.15) is 0 Å². The second-order valence-electron chi connectivity index (χ2n) is 2.79. The summed E-state index contributed by atoms with van der Waals surface area (Å²) in [5.41, 5.74) is 0. The first-order chi connectivity index (χ1) is 5.13. The van der Waals surface area contributed by atoms with Crippen molar-refractivity contribution in [1.82, 2.24) is 4.90 Å². The largest absolute Gasteiger partial charge is 0.468 e. The Morgan fingerprint density at radius 2 is 2.09 bits per heavy atom. The molecule has 0 aromatic rings. The van der Waals surface area contributed by atoms with E-state index in [-0.39, 0.29) is 12.0 Å². The highest BCUT2D eigenvalue weighted by atomic mass is 16.5. The third-order valence-electron chi connectivity index (χ3n) is 1.66. The summed E-state index contributed by atoms with van der Waals surface area (Å²) >= 11 is 0. The number of nitrogens with zero attached hydrogens (tertiary/aromatic N) is 1. The molecule has 0 amide bonds. The molecule has 0 aromatic heterocycles. The van der Waals surface area contributed by atoms with Crippen LogP contribution in [0.5, 0.6) is 0 Å². The van der Waals surface area contributed by atoms with Gasteiger partial charge in [-0.25, -0.2) is 0 Å². The Labute approximate surface area is 68.3 Å². The SMILES string of the molecule is CCC[C@H](C(=O)OC)N(C)C. The number of hydrogen-bond donors (Lipinski definition) is 0. The van der Waals surface area contributed by atoms with Crippen LogP contribution in [0.25, 0.3) is 0 Å². The lowest BCUT2D eigenvalue weighted by molar-refractivity contribution is -0.146. The van der Waals surface area contributed by atoms with Gasteiger partial charge in [0.15, 0.2) is 0 Å². The fourth-order valence-electron chi connectivity index (χ4n) is 0.996. The van der Waals surface area contributed by atoms with Gasteiger partial charge in [-0.3, -0.25) is 9.69 Å². The van der Waals surface area contributed by atoms with Crippen molar-refractivity contribution in [2.24, 2.45) is 0 Å². The Morgan fingerprint density at radius 3 is 2.36 bits per heavy atom. The lowest BCUT2D eigenvalue weighted by Gasteiger charge is -2.20. The number of rotatable bonds is 4. The zero-order valence-electron chi connectivity index (χ0n) is 7.76. The standard InChI is InChI=1S/C8H17NO2/c1-5-6-7(9(2)3)8(10)11-4/h7H,5-6H2,1-4H3/t7-/m1/s1. The molecule has 11 heavy (non-hydrogen) atoms. The minimum atomic E-state index is -0.142. The molecule has 0 aliphatic carbocycles. The quantitative estimate of drug-likeness (QED) is 0.570. The van der Waals surface area contributed by atoms with Gasteiger partial charge < -0.3 is 4.74 Å². The summed E-state index contributed by atoms with van der Waals surface area (Å²) in [7, 11) is 5.20. The monoisotopic (exact) mass is 159 g/mol. The third-order valence-corrected chi connectivity index (χ3v) is 1.66. The number of esters is 1. The first kappa shape index (κ1) is 10.4. The fraction of sp³-hybridized carbons (Fsp3) is 0.875. The number of carbonyl (C=O) groups excluding carboxylic acids is 1. The molecular weight excluding hydrogens is 142 g/mol. The molecule has 0 aliphatic rings. The lowest BCUT2D eigenvalue weighted by atomic mass is 10.1. The smallest absolute Gasteiger partial charge is 0.323 e. The van der Waals surface area contributed by atoms with E-state index in [1.54, 1.807) is 0 Å². The highest BCUT2D eigenvalue weighted by Crippen LogP contribution is 2.04. The molecule has 0 heterocycles. The van der Waals surface area contributed by atoms with Gasteiger partial charge in [0.2, 0.25) is 0 Å². The van der Waals surface area contributed by atoms with E-state index in [0.717, 1.165) is 12.8 Å². The molecule has 0 radical (unpaired) electrons. The number of methoxy groups -OCH3 is 1. The maximum absolute atomic E-state index is 11.1. The Morgan fingerprint density at radius 1 is 1.55 bits per heavy atom. The molecule has 0 bridgehead atoms. The molecule has 0 unspecified atom stereocenters. The predicted octanol–water partition coefficient (Wildman–Crippen LogP) is 0.890. The van der Waals surface area contributed by atoms with Crippen molar-refractivity contribution in [3.8, 4) is 0 Å². The van der Waals surface area contributed by atoms with E-state index in [1.165, 1.54) is 7.11 Å². The van der Waals surface area contributed by atoms with E-state index in [0.29, 0.717) is 0 Å². The first-order valence-electron chi connectivity index (χ1n) is 3.87. The predicted molar refractivity (Wildman–Crippen MR) is 44.4 cm³/mol. The van der Waals surface area contributed by atoms with Gasteiger partial charge in [0.25, 0.3) is 0 Å². The van der Waals surface area contributed by atoms with Gasteiger partial charge in [-0.15, -0.1) is 0 Å². The van der Waals surface area contributed by atoms with Gasteiger partial charge in [-0.1, -0.05) is 13.3 Å². The van der Waals surface area contributed by atoms with E-state index >= 15 is 0 Å². The van der Waals surface area contributed by atoms with Crippen LogP contribution in [-0.4, -0.2) is 38.1 Å². The molecule has 0 fully saturated rings. The molecule has 0 rings (SSSR count). The second-order valence-corrected chi connectivity index (χ2v) is 2.79. The van der Waals surface area contributed by atoms with Crippen LogP contribution in [0.3, 0.4) is 0 Å². The van der Waals surface area contributed by atoms with Gasteiger partial charge in [0.1, 0.15) is 6.04 Å². The molecule has 0 aliphatic heterocycles. The van der Waals surface area contributed by atoms with Crippen molar-refractivity contribution in [3.63, 3.8) is 0 Å². The van der Waals surface area contributed by atoms with Crippen LogP contribution in [-0.2, 0) is 9.53 Å². The van der Waals surface area contributed by atoms with Crippen LogP contribution in [0.15, 0.2) is 0 Å². The second kappa shape index (κ2) is 5.13. The van der Waals surface area contributed by atoms with Crippen molar-refractivity contribution in [2.45, 2.75) is 25.8 Å². The molecule has 0 saturated carbocycles. The van der Waals surface area contributed by atoms with Crippen LogP contribution >= 0.6 is 0 Å². The Hall–Kier alpha value is -0.570. The van der Waals surface area contributed by atoms with Crippen molar-refractivity contribution in [3.05, 3.63) is 0 Å². The molecule has 3 nitrogen and oxygen atoms in total. The highest BCUT2D eigenvalue weighted by molar-refractivity contribution is 5.75. The molecule has 0 aromatic carbocycles. The Bertz CT molecular complexity index is 123. The number of likely N-dealkylation sites (N-methyl/N-ethyl adjacent to an activating group) is 1. The van der Waals surface area contributed by atoms with Gasteiger partial charge in [0, 0.05) is 0 Å². The fourth-order valence-corrected chi connectivity index (χ4v) is 0.996. The number of hydrogen-bond acceptors (Lipinski definition) is 3. The average Bonchev–Trinajstić information content (AvgIpc) is 1.98. The summed E-state index contributed by atoms with van der Waals surface area (Å²) in [5, 5.41) is 0. The zero-order chi connectivity index (χ0) is 8.85. The molecule has 66 valence electrons. The number of ether oxygens (including phenoxy) is 1. The Kier molecular flexibility index (Phi) is 4.86. The van der Waals surface area contributed by atoms with Gasteiger partial charge in [-0.05, 0) is 20.5 Å². The van der Waals surface area contributed by atoms with Crippen molar-refractivity contribution < 1.29 is 9.53 Å². The molecule has 0 spiro atoms. The summed E-state index contributed by atoms with van der Waals surface area (Å²) in [4.78, 5) is 13.0. The van der Waals surface area contributed by atoms with Crippen molar-refractivity contribution in [1.29, 1.82) is 0 Å². The minimum absolute atomic E-state index is 0.0787. The van der Waals surface area contributed by atoms with Crippen LogP contribution < -0.4 is 0 Å². The van der Waals surface area contributed by atoms with Crippen molar-refractivity contribution >= 4 is 5.97 Å². The van der Waals surface area contributed by atoms with E-state index in [9.17, 15) is 4.79 Å². The molecular formula is C8H17NO2. The maximum Gasteiger partial charge on any atom is 0.323 e. The van der Waals surface area contributed by atoms with E-state index in [4.69, 9.17) is 0 Å². The van der Waals surface area contributed by atoms with Gasteiger partial charge >= 0.3 is 5.97 Å². The molecule has 3 heteroatoms. The van der Waals surface area contributed by atoms with Crippen molar-refractivity contribution in [2.75, 3.05) is 21.2 Å². The molecule has 0 N–H and O–H groups in total. The number of carbonyl (C=O) groups is 1. The average molecular weight is 159 g/mol. The van der Waals surface area contributed by atoms with Crippen LogP contribution in [0.2, 0.25) is 0 Å². The topological polar surface area (TPSA) is 29.5 Å². The molecule has 1 atom stereocenters. The van der Waals surface area contributed by atoms with E-state index in [2.05, 4.69) is 11.7 Å². The lowest BCUT2D eigenvalue weighted by Crippen LogP contribution is -2.36. The first-order valence-corrected chi connectivity index (χ1v) is 3.87. The van der Waals surface area contributed by atoms with Gasteiger partial charge in [0.05, 0.1) is 7.11 Å². The highest BCUT2D eigenvalue weighted by Gasteiger charge is 2.19. The van der Waals surface area contributed by atoms with Crippen LogP contribution in [0, 0.1) is 0 Å². The summed E-state index contributed by atoms with van der Waals surface area (Å²) in [6, 6.07) is -0.0787. The maximum atomic E-state index is 11.1. The van der Waals surface area contributed by atoms with Crippen LogP contribution in [0.4, 0.5) is 0 Å². The summed E-state index contributed by atoms with van der Waals surface area (Å²) in [6.45, 7) is 2.06. The summed E-state index contributed by atoms with van der Waals surface area (Å²) in [6.07, 6.45) is 1.86. The zero-order valence-corrected chi connectivity index (χ0v) is 7.76. The normalized spacial score (nSPS) is 13.2. The van der Waals surface area contributed by atoms with E-state index < -0.39 is 0 Å². The Balaban J connectivity index is 3.98. The van der Waals surface area contributed by atoms with E-state index in [1.807, 2.05) is 19.0 Å². The summed E-state index contributed by atoms with van der Waals surface area (Å²) < 4.78 is 4.65.